The number of carbonyl (C=O) groups is 1. The van der Waals surface area contributed by atoms with Crippen molar-refractivity contribution in [2.75, 3.05) is 6.54 Å². The summed E-state index contributed by atoms with van der Waals surface area (Å²) in [6.45, 7) is -0.248. The molecular formula is C3H9N3O4. The van der Waals surface area contributed by atoms with E-state index in [2.05, 4.69) is 0 Å². The quantitative estimate of drug-likeness (QED) is 0.294. The molecule has 6 N–H and O–H groups in total. The first-order valence-electron chi connectivity index (χ1n) is 2.44. The van der Waals surface area contributed by atoms with Gasteiger partial charge in [0.1, 0.15) is 6.04 Å². The third-order valence-corrected chi connectivity index (χ3v) is 0.770. The number of carboxylic acids is 1. The fraction of sp³-hybridized carbons (Fsp3) is 0.667. The van der Waals surface area contributed by atoms with E-state index in [0.717, 1.165) is 0 Å². The molecule has 10 heavy (non-hydrogen) atoms. The Morgan fingerprint density at radius 2 is 2.20 bits per heavy atom. The molecule has 0 amide bonds. The summed E-state index contributed by atoms with van der Waals surface area (Å²) in [5.41, 5.74) is 6.82. The lowest BCUT2D eigenvalue weighted by Crippen LogP contribution is -2.45. The van der Waals surface area contributed by atoms with Crippen LogP contribution >= 0.6 is 0 Å². The molecular weight excluding hydrogens is 142 g/mol. The third-order valence-electron chi connectivity index (χ3n) is 0.770. The van der Waals surface area contributed by atoms with Crippen molar-refractivity contribution in [1.29, 1.82) is 0 Å². The highest BCUT2D eigenvalue weighted by atomic mass is 16.8. The van der Waals surface area contributed by atoms with Gasteiger partial charge in [0.05, 0.1) is 0 Å². The maximum absolute atomic E-state index is 9.97. The molecule has 0 bridgehead atoms. The van der Waals surface area contributed by atoms with Gasteiger partial charge < -0.3 is 10.8 Å². The zero-order valence-electron chi connectivity index (χ0n) is 5.06. The van der Waals surface area contributed by atoms with Gasteiger partial charge in [-0.25, -0.2) is 5.43 Å². The molecule has 0 saturated carbocycles. The van der Waals surface area contributed by atoms with Crippen molar-refractivity contribution >= 4 is 5.97 Å². The Bertz CT molecular complexity index is 116. The zero-order valence-corrected chi connectivity index (χ0v) is 5.06. The van der Waals surface area contributed by atoms with E-state index < -0.39 is 12.0 Å². The molecule has 0 rings (SSSR count). The van der Waals surface area contributed by atoms with Crippen molar-refractivity contribution in [3.8, 4) is 0 Å². The van der Waals surface area contributed by atoms with E-state index in [9.17, 15) is 4.79 Å². The van der Waals surface area contributed by atoms with Crippen molar-refractivity contribution in [2.45, 2.75) is 6.04 Å². The molecule has 0 aliphatic rings. The van der Waals surface area contributed by atoms with Crippen LogP contribution in [0, 0.1) is 0 Å². The smallest absolute Gasteiger partial charge is 0.321 e. The summed E-state index contributed by atoms with van der Waals surface area (Å²) in [5, 5.41) is 23.8. The Morgan fingerprint density at radius 3 is 2.50 bits per heavy atom. The maximum atomic E-state index is 9.97. The van der Waals surface area contributed by atoms with Gasteiger partial charge in [-0.15, -0.1) is 0 Å². The Hall–Kier alpha value is -0.730. The van der Waals surface area contributed by atoms with E-state index in [1.807, 2.05) is 5.43 Å². The lowest BCUT2D eigenvalue weighted by molar-refractivity contribution is -0.342. The minimum atomic E-state index is -1.21. The minimum Gasteiger partial charge on any atom is -0.480 e. The number of carboxylic acid groups (broad SMARTS) is 1. The SMILES string of the molecule is NC(CNN(O)O)C(=O)O. The average Bonchev–Trinajstić information content (AvgIpc) is 1.82. The number of aliphatic carboxylic acids is 1. The van der Waals surface area contributed by atoms with Crippen LogP contribution in [0.5, 0.6) is 0 Å². The molecule has 0 aromatic carbocycles. The monoisotopic (exact) mass is 151 g/mol. The first-order valence-corrected chi connectivity index (χ1v) is 2.44. The highest BCUT2D eigenvalue weighted by molar-refractivity contribution is 5.73. The molecule has 7 heteroatoms. The van der Waals surface area contributed by atoms with Crippen molar-refractivity contribution in [1.82, 2.24) is 10.8 Å². The normalized spacial score (nSPS) is 13.6. The number of nitrogens with one attached hydrogen (secondary N) is 1. The summed E-state index contributed by atoms with van der Waals surface area (Å²) in [6, 6.07) is -1.15. The lowest BCUT2D eigenvalue weighted by Gasteiger charge is -2.09. The topological polar surface area (TPSA) is 119 Å². The summed E-state index contributed by atoms with van der Waals surface area (Å²) in [4.78, 5) is 9.97. The van der Waals surface area contributed by atoms with E-state index in [4.69, 9.17) is 21.3 Å². The van der Waals surface area contributed by atoms with Crippen LogP contribution in [0.4, 0.5) is 0 Å². The molecule has 0 aromatic rings. The van der Waals surface area contributed by atoms with Crippen molar-refractivity contribution in [3.05, 3.63) is 0 Å². The molecule has 60 valence electrons. The number of nitrogens with zero attached hydrogens (tertiary/aromatic N) is 1. The van der Waals surface area contributed by atoms with E-state index in [-0.39, 0.29) is 11.9 Å². The van der Waals surface area contributed by atoms with E-state index >= 15 is 0 Å². The fourth-order valence-electron chi connectivity index (χ4n) is 0.267. The predicted octanol–water partition coefficient (Wildman–Crippen LogP) is -2.02. The maximum Gasteiger partial charge on any atom is 0.321 e. The van der Waals surface area contributed by atoms with Gasteiger partial charge in [-0.3, -0.25) is 15.2 Å². The molecule has 0 saturated heterocycles. The van der Waals surface area contributed by atoms with Gasteiger partial charge in [0, 0.05) is 11.9 Å². The molecule has 0 aromatic heterocycles. The first kappa shape index (κ1) is 9.27. The summed E-state index contributed by atoms with van der Waals surface area (Å²) < 4.78 is 0. The van der Waals surface area contributed by atoms with E-state index in [1.54, 1.807) is 0 Å². The van der Waals surface area contributed by atoms with Gasteiger partial charge in [0.15, 0.2) is 0 Å². The molecule has 0 radical (unpaired) electrons. The second-order valence-electron chi connectivity index (χ2n) is 1.60. The lowest BCUT2D eigenvalue weighted by atomic mass is 10.3. The van der Waals surface area contributed by atoms with Gasteiger partial charge in [0.2, 0.25) is 0 Å². The Kier molecular flexibility index (Phi) is 3.84. The van der Waals surface area contributed by atoms with Gasteiger partial charge in [-0.05, 0) is 0 Å². The second kappa shape index (κ2) is 4.14. The van der Waals surface area contributed by atoms with E-state index in [0.29, 0.717) is 0 Å². The standard InChI is InChI=1S/C3H9N3O4/c4-2(3(7)8)1-5-6(9)10/h2,5,9-10H,1,4H2,(H,7,8). The third kappa shape index (κ3) is 4.18. The number of nitrogens with two attached hydrogens (primary N) is 1. The van der Waals surface area contributed by atoms with Crippen molar-refractivity contribution in [3.63, 3.8) is 0 Å². The molecule has 0 fully saturated rings. The highest BCUT2D eigenvalue weighted by Crippen LogP contribution is 1.74. The van der Waals surface area contributed by atoms with Crippen molar-refractivity contribution < 1.29 is 20.3 Å². The second-order valence-corrected chi connectivity index (χ2v) is 1.60. The largest absolute Gasteiger partial charge is 0.480 e. The summed E-state index contributed by atoms with van der Waals surface area (Å²) in [5.74, 6) is -1.21. The van der Waals surface area contributed by atoms with Gasteiger partial charge >= 0.3 is 5.97 Å². The van der Waals surface area contributed by atoms with Crippen molar-refractivity contribution in [2.24, 2.45) is 5.73 Å². The fourth-order valence-corrected chi connectivity index (χ4v) is 0.267. The summed E-state index contributed by atoms with van der Waals surface area (Å²) in [6.07, 6.45) is 0. The van der Waals surface area contributed by atoms with Crippen LogP contribution < -0.4 is 11.2 Å². The number of rotatable bonds is 4. The molecule has 0 spiro atoms. The molecule has 1 unspecified atom stereocenters. The Morgan fingerprint density at radius 1 is 1.70 bits per heavy atom. The first-order chi connectivity index (χ1) is 4.54. The Labute approximate surface area is 56.5 Å². The molecule has 1 atom stereocenters. The summed E-state index contributed by atoms with van der Waals surface area (Å²) >= 11 is 0. The Balaban J connectivity index is 3.40. The van der Waals surface area contributed by atoms with Crippen LogP contribution in [0.2, 0.25) is 0 Å². The van der Waals surface area contributed by atoms with Gasteiger partial charge in [-0.2, -0.15) is 0 Å². The molecule has 7 nitrogen and oxygen atoms in total. The zero-order chi connectivity index (χ0) is 8.15. The highest BCUT2D eigenvalue weighted by Gasteiger charge is 2.10. The molecule has 0 aliphatic heterocycles. The van der Waals surface area contributed by atoms with Crippen LogP contribution in [0.1, 0.15) is 0 Å². The van der Waals surface area contributed by atoms with Gasteiger partial charge in [0.25, 0.3) is 0 Å². The van der Waals surface area contributed by atoms with Gasteiger partial charge in [-0.1, -0.05) is 0 Å². The number of hydrazine groups is 1. The van der Waals surface area contributed by atoms with Crippen LogP contribution in [-0.4, -0.2) is 39.4 Å². The van der Waals surface area contributed by atoms with Crippen LogP contribution in [0.15, 0.2) is 0 Å². The average molecular weight is 151 g/mol. The van der Waals surface area contributed by atoms with Crippen LogP contribution in [0.3, 0.4) is 0 Å². The number of hydrogen-bond donors (Lipinski definition) is 5. The van der Waals surface area contributed by atoms with Crippen LogP contribution in [-0.2, 0) is 4.79 Å². The number of hydrogen-bond acceptors (Lipinski definition) is 6. The van der Waals surface area contributed by atoms with E-state index in [1.165, 1.54) is 0 Å². The predicted molar refractivity (Wildman–Crippen MR) is 29.0 cm³/mol. The molecule has 0 aliphatic carbocycles. The minimum absolute atomic E-state index is 0.248. The summed E-state index contributed by atoms with van der Waals surface area (Å²) in [7, 11) is 0. The molecule has 0 heterocycles. The van der Waals surface area contributed by atoms with Crippen LogP contribution in [0.25, 0.3) is 0 Å².